The third-order valence-corrected chi connectivity index (χ3v) is 3.98. The summed E-state index contributed by atoms with van der Waals surface area (Å²) in [6.07, 6.45) is 0. The fraction of sp³-hybridized carbons (Fsp3) is 0.250. The van der Waals surface area contributed by atoms with E-state index >= 15 is 0 Å². The van der Waals surface area contributed by atoms with Crippen LogP contribution in [0.1, 0.15) is 11.1 Å². The highest BCUT2D eigenvalue weighted by atomic mass is 79.9. The summed E-state index contributed by atoms with van der Waals surface area (Å²) in [4.78, 5) is 2.38. The van der Waals surface area contributed by atoms with Gasteiger partial charge in [-0.25, -0.2) is 0 Å². The summed E-state index contributed by atoms with van der Waals surface area (Å²) in [5, 5.41) is 0. The largest absolute Gasteiger partial charge is 0.492 e. The van der Waals surface area contributed by atoms with Crippen molar-refractivity contribution in [3.8, 4) is 5.75 Å². The number of fused-ring (bicyclic) bond motifs is 1. The van der Waals surface area contributed by atoms with Crippen LogP contribution in [0.15, 0.2) is 46.9 Å². The van der Waals surface area contributed by atoms with Crippen LogP contribution in [0.2, 0.25) is 0 Å². The molecule has 0 fully saturated rings. The molecule has 0 radical (unpaired) electrons. The molecule has 0 amide bonds. The molecule has 2 N–H and O–H groups in total. The lowest BCUT2D eigenvalue weighted by Gasteiger charge is -2.15. The highest BCUT2D eigenvalue weighted by molar-refractivity contribution is 9.10. The van der Waals surface area contributed by atoms with E-state index < -0.39 is 0 Å². The van der Waals surface area contributed by atoms with Crippen molar-refractivity contribution in [2.24, 2.45) is 0 Å². The molecule has 1 aliphatic rings. The van der Waals surface area contributed by atoms with Crippen molar-refractivity contribution in [1.29, 1.82) is 0 Å². The van der Waals surface area contributed by atoms with Crippen molar-refractivity contribution in [3.05, 3.63) is 58.1 Å². The van der Waals surface area contributed by atoms with Gasteiger partial charge < -0.3 is 10.5 Å². The Hall–Kier alpha value is -1.52. The lowest BCUT2D eigenvalue weighted by molar-refractivity contribution is 0.211. The van der Waals surface area contributed by atoms with E-state index in [1.165, 1.54) is 11.1 Å². The van der Waals surface area contributed by atoms with Crippen LogP contribution in [0.4, 0.5) is 5.69 Å². The molecule has 2 aromatic rings. The predicted molar refractivity (Wildman–Crippen MR) is 84.6 cm³/mol. The van der Waals surface area contributed by atoms with Crippen LogP contribution in [0.25, 0.3) is 0 Å². The summed E-state index contributed by atoms with van der Waals surface area (Å²) in [5.41, 5.74) is 9.38. The third-order valence-electron chi connectivity index (χ3n) is 3.49. The second kappa shape index (κ2) is 5.85. The predicted octanol–water partition coefficient (Wildman–Crippen LogP) is 3.43. The van der Waals surface area contributed by atoms with Gasteiger partial charge in [0.25, 0.3) is 0 Å². The Bertz CT molecular complexity index is 615. The molecule has 3 rings (SSSR count). The number of nitrogen functional groups attached to an aromatic ring is 1. The van der Waals surface area contributed by atoms with Gasteiger partial charge in [0.15, 0.2) is 0 Å². The fourth-order valence-corrected chi connectivity index (χ4v) is 2.87. The second-order valence-electron chi connectivity index (χ2n) is 5.04. The molecule has 0 saturated carbocycles. The molecular formula is C16H17BrN2O. The lowest BCUT2D eigenvalue weighted by Crippen LogP contribution is -2.22. The van der Waals surface area contributed by atoms with Crippen LogP contribution in [-0.4, -0.2) is 18.1 Å². The van der Waals surface area contributed by atoms with Gasteiger partial charge in [-0.1, -0.05) is 28.1 Å². The number of hydrogen-bond acceptors (Lipinski definition) is 3. The third kappa shape index (κ3) is 3.14. The molecule has 20 heavy (non-hydrogen) atoms. The zero-order valence-electron chi connectivity index (χ0n) is 11.2. The molecule has 0 unspecified atom stereocenters. The van der Waals surface area contributed by atoms with E-state index in [0.29, 0.717) is 6.61 Å². The van der Waals surface area contributed by atoms with Crippen LogP contribution < -0.4 is 10.5 Å². The Morgan fingerprint density at radius 3 is 2.80 bits per heavy atom. The van der Waals surface area contributed by atoms with Crippen molar-refractivity contribution in [2.45, 2.75) is 13.1 Å². The number of anilines is 1. The van der Waals surface area contributed by atoms with E-state index in [1.54, 1.807) is 0 Å². The second-order valence-corrected chi connectivity index (χ2v) is 5.96. The number of nitrogens with zero attached hydrogens (tertiary/aromatic N) is 1. The standard InChI is InChI=1S/C16H17BrN2O/c17-14-2-1-3-16(9-14)20-7-6-19-10-12-4-5-15(18)8-13(12)11-19/h1-5,8-9H,6-7,10-11,18H2. The number of benzene rings is 2. The molecule has 104 valence electrons. The Labute approximate surface area is 127 Å². The van der Waals surface area contributed by atoms with E-state index in [4.69, 9.17) is 10.5 Å². The normalized spacial score (nSPS) is 14.2. The maximum Gasteiger partial charge on any atom is 0.120 e. The highest BCUT2D eigenvalue weighted by Crippen LogP contribution is 2.24. The molecule has 3 nitrogen and oxygen atoms in total. The van der Waals surface area contributed by atoms with Gasteiger partial charge in [-0.15, -0.1) is 0 Å². The van der Waals surface area contributed by atoms with Crippen molar-refractivity contribution in [3.63, 3.8) is 0 Å². The molecular weight excluding hydrogens is 316 g/mol. The topological polar surface area (TPSA) is 38.5 Å². The maximum atomic E-state index is 5.82. The average Bonchev–Trinajstić information content (AvgIpc) is 2.80. The zero-order valence-corrected chi connectivity index (χ0v) is 12.8. The lowest BCUT2D eigenvalue weighted by atomic mass is 10.1. The van der Waals surface area contributed by atoms with E-state index in [-0.39, 0.29) is 0 Å². The van der Waals surface area contributed by atoms with E-state index in [1.807, 2.05) is 30.3 Å². The van der Waals surface area contributed by atoms with Gasteiger partial charge in [-0.3, -0.25) is 4.90 Å². The first-order valence-corrected chi connectivity index (χ1v) is 7.48. The number of ether oxygens (including phenoxy) is 1. The van der Waals surface area contributed by atoms with Crippen molar-refractivity contribution in [2.75, 3.05) is 18.9 Å². The molecule has 4 heteroatoms. The number of rotatable bonds is 4. The summed E-state index contributed by atoms with van der Waals surface area (Å²) in [6.45, 7) is 3.56. The van der Waals surface area contributed by atoms with Crippen LogP contribution in [0.3, 0.4) is 0 Å². The first kappa shape index (κ1) is 13.5. The van der Waals surface area contributed by atoms with Gasteiger partial charge in [0.05, 0.1) is 0 Å². The Morgan fingerprint density at radius 2 is 1.95 bits per heavy atom. The molecule has 1 heterocycles. The molecule has 0 saturated heterocycles. The fourth-order valence-electron chi connectivity index (χ4n) is 2.49. The molecule has 0 bridgehead atoms. The SMILES string of the molecule is Nc1ccc2c(c1)CN(CCOc1cccc(Br)c1)C2. The first-order valence-electron chi connectivity index (χ1n) is 6.69. The van der Waals surface area contributed by atoms with Gasteiger partial charge in [0, 0.05) is 29.8 Å². The minimum atomic E-state index is 0.694. The van der Waals surface area contributed by atoms with Crippen LogP contribution in [0, 0.1) is 0 Å². The van der Waals surface area contributed by atoms with Gasteiger partial charge in [0.1, 0.15) is 12.4 Å². The molecule has 0 aliphatic carbocycles. The summed E-state index contributed by atoms with van der Waals surface area (Å²) in [6, 6.07) is 14.1. The van der Waals surface area contributed by atoms with Crippen LogP contribution >= 0.6 is 15.9 Å². The van der Waals surface area contributed by atoms with Crippen molar-refractivity contribution >= 4 is 21.6 Å². The summed E-state index contributed by atoms with van der Waals surface area (Å²) >= 11 is 3.44. The van der Waals surface area contributed by atoms with E-state index in [9.17, 15) is 0 Å². The Kier molecular flexibility index (Phi) is 3.94. The van der Waals surface area contributed by atoms with Crippen molar-refractivity contribution in [1.82, 2.24) is 4.90 Å². The van der Waals surface area contributed by atoms with E-state index in [0.717, 1.165) is 35.5 Å². The van der Waals surface area contributed by atoms with Gasteiger partial charge in [-0.05, 0) is 41.5 Å². The van der Waals surface area contributed by atoms with Gasteiger partial charge in [0.2, 0.25) is 0 Å². The molecule has 2 aromatic carbocycles. The summed E-state index contributed by atoms with van der Waals surface area (Å²) < 4.78 is 6.82. The first-order chi connectivity index (χ1) is 9.70. The quantitative estimate of drug-likeness (QED) is 0.872. The smallest absolute Gasteiger partial charge is 0.120 e. The minimum absolute atomic E-state index is 0.694. The number of hydrogen-bond donors (Lipinski definition) is 1. The molecule has 0 aromatic heterocycles. The van der Waals surface area contributed by atoms with Crippen LogP contribution in [0.5, 0.6) is 5.75 Å². The van der Waals surface area contributed by atoms with Gasteiger partial charge >= 0.3 is 0 Å². The monoisotopic (exact) mass is 332 g/mol. The molecule has 0 atom stereocenters. The van der Waals surface area contributed by atoms with Crippen molar-refractivity contribution < 1.29 is 4.74 Å². The number of halogens is 1. The van der Waals surface area contributed by atoms with E-state index in [2.05, 4.69) is 33.0 Å². The maximum absolute atomic E-state index is 5.82. The Balaban J connectivity index is 1.51. The average molecular weight is 333 g/mol. The summed E-state index contributed by atoms with van der Waals surface area (Å²) in [7, 11) is 0. The molecule has 0 spiro atoms. The Morgan fingerprint density at radius 1 is 1.10 bits per heavy atom. The zero-order chi connectivity index (χ0) is 13.9. The number of nitrogens with two attached hydrogens (primary N) is 1. The van der Waals surface area contributed by atoms with Crippen LogP contribution in [-0.2, 0) is 13.1 Å². The minimum Gasteiger partial charge on any atom is -0.492 e. The summed E-state index contributed by atoms with van der Waals surface area (Å²) in [5.74, 6) is 0.903. The van der Waals surface area contributed by atoms with Gasteiger partial charge in [-0.2, -0.15) is 0 Å². The highest BCUT2D eigenvalue weighted by Gasteiger charge is 2.18. The molecule has 1 aliphatic heterocycles.